The van der Waals surface area contributed by atoms with Gasteiger partial charge < -0.3 is 9.73 Å². The van der Waals surface area contributed by atoms with Gasteiger partial charge in [0.05, 0.1) is 5.75 Å². The Morgan fingerprint density at radius 2 is 2.10 bits per heavy atom. The number of furan rings is 1. The minimum Gasteiger partial charge on any atom is -0.453 e. The zero-order valence-corrected chi connectivity index (χ0v) is 17.1. The maximum absolute atomic E-state index is 13.4. The topological polar surface area (TPSA) is 73.0 Å². The predicted octanol–water partition coefficient (Wildman–Crippen LogP) is 5.06. The first-order valence-corrected chi connectivity index (χ1v) is 10.3. The summed E-state index contributed by atoms with van der Waals surface area (Å²) in [4.78, 5) is 12.4. The molecule has 30 heavy (non-hydrogen) atoms. The molecule has 1 amide bonds. The van der Waals surface area contributed by atoms with Crippen LogP contribution in [-0.2, 0) is 11.3 Å². The number of aromatic nitrogens is 3. The van der Waals surface area contributed by atoms with Crippen LogP contribution in [0.2, 0.25) is 0 Å². The van der Waals surface area contributed by atoms with Crippen LogP contribution >= 0.6 is 11.8 Å². The van der Waals surface area contributed by atoms with Crippen molar-refractivity contribution in [2.45, 2.75) is 18.6 Å². The SMILES string of the molecule is C=CCn1c(SCC(=O)Nc2cc(F)ccc2C)nnc1-c1cc2ccccc2o1. The molecule has 0 unspecified atom stereocenters. The average molecular weight is 422 g/mol. The van der Waals surface area contributed by atoms with Gasteiger partial charge in [-0.1, -0.05) is 42.1 Å². The van der Waals surface area contributed by atoms with Crippen molar-refractivity contribution in [2.24, 2.45) is 0 Å². The van der Waals surface area contributed by atoms with Gasteiger partial charge in [0.15, 0.2) is 10.9 Å². The second kappa shape index (κ2) is 8.54. The van der Waals surface area contributed by atoms with E-state index in [1.807, 2.05) is 41.8 Å². The second-order valence-corrected chi connectivity index (χ2v) is 7.59. The van der Waals surface area contributed by atoms with Crippen LogP contribution in [0.5, 0.6) is 0 Å². The number of anilines is 1. The first-order valence-electron chi connectivity index (χ1n) is 9.27. The number of allylic oxidation sites excluding steroid dienone is 1. The molecule has 0 radical (unpaired) electrons. The molecule has 152 valence electrons. The largest absolute Gasteiger partial charge is 0.453 e. The third kappa shape index (κ3) is 4.13. The zero-order valence-electron chi connectivity index (χ0n) is 16.3. The van der Waals surface area contributed by atoms with Gasteiger partial charge in [-0.05, 0) is 36.8 Å². The van der Waals surface area contributed by atoms with Crippen LogP contribution in [0.25, 0.3) is 22.6 Å². The van der Waals surface area contributed by atoms with E-state index in [0.717, 1.165) is 16.5 Å². The molecule has 1 N–H and O–H groups in total. The van der Waals surface area contributed by atoms with Crippen LogP contribution in [0.1, 0.15) is 5.56 Å². The number of thioether (sulfide) groups is 1. The van der Waals surface area contributed by atoms with Crippen molar-refractivity contribution in [1.82, 2.24) is 14.8 Å². The van der Waals surface area contributed by atoms with E-state index >= 15 is 0 Å². The van der Waals surface area contributed by atoms with E-state index in [4.69, 9.17) is 4.42 Å². The Morgan fingerprint density at radius 3 is 2.90 bits per heavy atom. The molecule has 0 aliphatic carbocycles. The molecule has 6 nitrogen and oxygen atoms in total. The Balaban J connectivity index is 1.52. The van der Waals surface area contributed by atoms with Crippen LogP contribution in [0.3, 0.4) is 0 Å². The fourth-order valence-corrected chi connectivity index (χ4v) is 3.76. The molecule has 0 saturated carbocycles. The highest BCUT2D eigenvalue weighted by Gasteiger charge is 2.18. The van der Waals surface area contributed by atoms with E-state index in [0.29, 0.717) is 29.0 Å². The Hall–Kier alpha value is -3.39. The van der Waals surface area contributed by atoms with Crippen LogP contribution in [0, 0.1) is 12.7 Å². The van der Waals surface area contributed by atoms with Gasteiger partial charge in [0.1, 0.15) is 11.4 Å². The number of amides is 1. The molecule has 4 aromatic rings. The Labute approximate surface area is 176 Å². The lowest BCUT2D eigenvalue weighted by Crippen LogP contribution is -2.15. The van der Waals surface area contributed by atoms with Crippen LogP contribution in [-0.4, -0.2) is 26.4 Å². The van der Waals surface area contributed by atoms with Gasteiger partial charge >= 0.3 is 0 Å². The molecule has 0 fully saturated rings. The van der Waals surface area contributed by atoms with Crippen molar-refractivity contribution in [1.29, 1.82) is 0 Å². The minimum absolute atomic E-state index is 0.103. The van der Waals surface area contributed by atoms with Gasteiger partial charge in [-0.3, -0.25) is 9.36 Å². The van der Waals surface area contributed by atoms with E-state index < -0.39 is 5.82 Å². The third-order valence-electron chi connectivity index (χ3n) is 4.48. The number of benzene rings is 2. The average Bonchev–Trinajstić information content (AvgIpc) is 3.33. The molecule has 2 heterocycles. The number of fused-ring (bicyclic) bond motifs is 1. The molecule has 2 aromatic carbocycles. The van der Waals surface area contributed by atoms with Crippen LogP contribution in [0.15, 0.2) is 70.8 Å². The highest BCUT2D eigenvalue weighted by Crippen LogP contribution is 2.29. The maximum Gasteiger partial charge on any atom is 0.234 e. The van der Waals surface area contributed by atoms with Gasteiger partial charge in [0.25, 0.3) is 0 Å². The lowest BCUT2D eigenvalue weighted by Gasteiger charge is -2.09. The predicted molar refractivity (Wildman–Crippen MR) is 116 cm³/mol. The molecule has 2 aromatic heterocycles. The summed E-state index contributed by atoms with van der Waals surface area (Å²) in [6.07, 6.45) is 1.73. The van der Waals surface area contributed by atoms with E-state index in [1.54, 1.807) is 12.1 Å². The summed E-state index contributed by atoms with van der Waals surface area (Å²) in [6.45, 7) is 6.06. The lowest BCUT2D eigenvalue weighted by molar-refractivity contribution is -0.113. The lowest BCUT2D eigenvalue weighted by atomic mass is 10.2. The number of hydrogen-bond acceptors (Lipinski definition) is 5. The fraction of sp³-hybridized carbons (Fsp3) is 0.136. The number of rotatable bonds is 7. The first kappa shape index (κ1) is 19.9. The summed E-state index contributed by atoms with van der Waals surface area (Å²) in [6, 6.07) is 13.9. The van der Waals surface area contributed by atoms with E-state index in [2.05, 4.69) is 22.1 Å². The number of halogens is 1. The highest BCUT2D eigenvalue weighted by molar-refractivity contribution is 7.99. The number of hydrogen-bond donors (Lipinski definition) is 1. The maximum atomic E-state index is 13.4. The number of carbonyl (C=O) groups excluding carboxylic acids is 1. The first-order chi connectivity index (χ1) is 14.5. The molecule has 4 rings (SSSR count). The van der Waals surface area contributed by atoms with Gasteiger partial charge in [-0.25, -0.2) is 4.39 Å². The van der Waals surface area contributed by atoms with E-state index in [1.165, 1.54) is 23.9 Å². The molecule has 0 saturated heterocycles. The van der Waals surface area contributed by atoms with Crippen molar-refractivity contribution in [2.75, 3.05) is 11.1 Å². The molecule has 0 atom stereocenters. The zero-order chi connectivity index (χ0) is 21.1. The molecule has 8 heteroatoms. The number of carbonyl (C=O) groups is 1. The van der Waals surface area contributed by atoms with Crippen LogP contribution in [0.4, 0.5) is 10.1 Å². The van der Waals surface area contributed by atoms with Crippen molar-refractivity contribution in [3.63, 3.8) is 0 Å². The molecule has 0 aliphatic rings. The third-order valence-corrected chi connectivity index (χ3v) is 5.45. The Morgan fingerprint density at radius 1 is 1.27 bits per heavy atom. The summed E-state index contributed by atoms with van der Waals surface area (Å²) in [5, 5.41) is 12.7. The van der Waals surface area contributed by atoms with Crippen molar-refractivity contribution >= 4 is 34.3 Å². The number of nitrogens with one attached hydrogen (secondary N) is 1. The summed E-state index contributed by atoms with van der Waals surface area (Å²) in [5.41, 5.74) is 2.01. The smallest absolute Gasteiger partial charge is 0.234 e. The summed E-state index contributed by atoms with van der Waals surface area (Å²) >= 11 is 1.24. The number of para-hydroxylation sites is 1. The van der Waals surface area contributed by atoms with Crippen molar-refractivity contribution in [3.05, 3.63) is 72.6 Å². The number of aryl methyl sites for hydroxylation is 1. The Kier molecular flexibility index (Phi) is 5.67. The van der Waals surface area contributed by atoms with Crippen LogP contribution < -0.4 is 5.32 Å². The van der Waals surface area contributed by atoms with Gasteiger partial charge in [0.2, 0.25) is 11.7 Å². The molecule has 0 aliphatic heterocycles. The summed E-state index contributed by atoms with van der Waals surface area (Å²) in [7, 11) is 0. The van der Waals surface area contributed by atoms with Gasteiger partial charge in [-0.2, -0.15) is 0 Å². The fourth-order valence-electron chi connectivity index (χ4n) is 3.01. The molecule has 0 spiro atoms. The second-order valence-electron chi connectivity index (χ2n) is 6.65. The monoisotopic (exact) mass is 422 g/mol. The quantitative estimate of drug-likeness (QED) is 0.333. The molecular formula is C22H19FN4O2S. The van der Waals surface area contributed by atoms with Crippen molar-refractivity contribution in [3.8, 4) is 11.6 Å². The van der Waals surface area contributed by atoms with Gasteiger partial charge in [0, 0.05) is 17.6 Å². The van der Waals surface area contributed by atoms with Gasteiger partial charge in [-0.15, -0.1) is 16.8 Å². The normalized spacial score (nSPS) is 11.0. The Bertz CT molecular complexity index is 1200. The summed E-state index contributed by atoms with van der Waals surface area (Å²) < 4.78 is 21.2. The highest BCUT2D eigenvalue weighted by atomic mass is 32.2. The molecule has 0 bridgehead atoms. The summed E-state index contributed by atoms with van der Waals surface area (Å²) in [5.74, 6) is 0.606. The minimum atomic E-state index is -0.398. The van der Waals surface area contributed by atoms with E-state index in [9.17, 15) is 9.18 Å². The van der Waals surface area contributed by atoms with E-state index in [-0.39, 0.29) is 11.7 Å². The van der Waals surface area contributed by atoms with Crippen molar-refractivity contribution < 1.29 is 13.6 Å². The number of nitrogens with zero attached hydrogens (tertiary/aromatic N) is 3. The standard InChI is InChI=1S/C22H19FN4O2S/c1-3-10-27-21(19-11-15-6-4-5-7-18(15)29-19)25-26-22(27)30-13-20(28)24-17-12-16(23)9-8-14(17)2/h3-9,11-12H,1,10,13H2,2H3,(H,24,28). The molecular weight excluding hydrogens is 403 g/mol.